The second-order valence-electron chi connectivity index (χ2n) is 7.22. The summed E-state index contributed by atoms with van der Waals surface area (Å²) in [6, 6.07) is 21.5. The Balaban J connectivity index is 1.58. The Labute approximate surface area is 181 Å². The third-order valence-corrected chi connectivity index (χ3v) is 4.48. The fourth-order valence-electron chi connectivity index (χ4n) is 3.10. The summed E-state index contributed by atoms with van der Waals surface area (Å²) >= 11 is 0. The summed E-state index contributed by atoms with van der Waals surface area (Å²) in [6.07, 6.45) is 0.316. The molecule has 0 saturated carbocycles. The highest BCUT2D eigenvalue weighted by Gasteiger charge is 2.09. The lowest BCUT2D eigenvalue weighted by Crippen LogP contribution is -2.24. The van der Waals surface area contributed by atoms with Gasteiger partial charge >= 0.3 is 5.97 Å². The fourth-order valence-corrected chi connectivity index (χ4v) is 3.10. The lowest BCUT2D eigenvalue weighted by atomic mass is 10.1. The number of rotatable bonds is 7. The van der Waals surface area contributed by atoms with Gasteiger partial charge in [-0.1, -0.05) is 48.0 Å². The minimum Gasteiger partial charge on any atom is -0.427 e. The number of esters is 1. The van der Waals surface area contributed by atoms with E-state index in [1.54, 1.807) is 30.3 Å². The zero-order valence-corrected chi connectivity index (χ0v) is 17.5. The molecule has 0 spiro atoms. The molecule has 0 heterocycles. The van der Waals surface area contributed by atoms with Gasteiger partial charge < -0.3 is 15.4 Å². The molecule has 3 rings (SSSR count). The molecule has 0 fully saturated rings. The predicted molar refractivity (Wildman–Crippen MR) is 119 cm³/mol. The lowest BCUT2D eigenvalue weighted by molar-refractivity contribution is -0.131. The van der Waals surface area contributed by atoms with Crippen molar-refractivity contribution in [2.24, 2.45) is 0 Å². The molecule has 0 bridgehead atoms. The Morgan fingerprint density at radius 2 is 1.61 bits per heavy atom. The summed E-state index contributed by atoms with van der Waals surface area (Å²) < 4.78 is 5.02. The van der Waals surface area contributed by atoms with Crippen LogP contribution in [-0.2, 0) is 22.6 Å². The van der Waals surface area contributed by atoms with Gasteiger partial charge in [-0.15, -0.1) is 0 Å². The molecule has 2 N–H and O–H groups in total. The molecule has 0 saturated heterocycles. The molecule has 31 heavy (non-hydrogen) atoms. The van der Waals surface area contributed by atoms with E-state index >= 15 is 0 Å². The maximum absolute atomic E-state index is 12.5. The third-order valence-electron chi connectivity index (χ3n) is 4.48. The number of hydrogen-bond acceptors (Lipinski definition) is 4. The number of amides is 2. The zero-order valence-electron chi connectivity index (χ0n) is 17.5. The molecule has 0 aliphatic heterocycles. The molecule has 3 aromatic rings. The zero-order chi connectivity index (χ0) is 22.2. The van der Waals surface area contributed by atoms with Crippen LogP contribution in [0.15, 0.2) is 72.8 Å². The molecular weight excluding hydrogens is 392 g/mol. The highest BCUT2D eigenvalue weighted by molar-refractivity contribution is 6.04. The summed E-state index contributed by atoms with van der Waals surface area (Å²) in [5.41, 5.74) is 3.93. The van der Waals surface area contributed by atoms with Crippen molar-refractivity contribution in [1.82, 2.24) is 5.32 Å². The third kappa shape index (κ3) is 6.82. The van der Waals surface area contributed by atoms with Gasteiger partial charge in [-0.25, -0.2) is 0 Å². The van der Waals surface area contributed by atoms with Crippen LogP contribution in [0, 0.1) is 6.92 Å². The van der Waals surface area contributed by atoms with Crippen molar-refractivity contribution in [2.75, 3.05) is 5.32 Å². The number of hydrogen-bond donors (Lipinski definition) is 2. The fraction of sp³-hybridized carbons (Fsp3) is 0.160. The van der Waals surface area contributed by atoms with E-state index in [9.17, 15) is 14.4 Å². The lowest BCUT2D eigenvalue weighted by Gasteiger charge is -2.10. The van der Waals surface area contributed by atoms with Crippen LogP contribution in [-0.4, -0.2) is 17.8 Å². The first-order valence-corrected chi connectivity index (χ1v) is 9.90. The molecule has 6 heteroatoms. The van der Waals surface area contributed by atoms with Crippen LogP contribution in [0.4, 0.5) is 5.69 Å². The van der Waals surface area contributed by atoms with Gasteiger partial charge in [-0.3, -0.25) is 14.4 Å². The van der Waals surface area contributed by atoms with Gasteiger partial charge in [0, 0.05) is 24.7 Å². The maximum atomic E-state index is 12.5. The van der Waals surface area contributed by atoms with Crippen molar-refractivity contribution in [2.45, 2.75) is 26.8 Å². The van der Waals surface area contributed by atoms with E-state index in [1.807, 2.05) is 43.3 Å². The molecule has 0 radical (unpaired) electrons. The van der Waals surface area contributed by atoms with E-state index in [4.69, 9.17) is 4.74 Å². The first-order valence-electron chi connectivity index (χ1n) is 9.90. The van der Waals surface area contributed by atoms with Gasteiger partial charge in [0.2, 0.25) is 5.91 Å². The second-order valence-corrected chi connectivity index (χ2v) is 7.22. The molecule has 2 amide bonds. The normalized spacial score (nSPS) is 10.3. The Bertz CT molecular complexity index is 1110. The van der Waals surface area contributed by atoms with Crippen molar-refractivity contribution in [3.63, 3.8) is 0 Å². The summed E-state index contributed by atoms with van der Waals surface area (Å²) in [5, 5.41) is 5.73. The highest BCUT2D eigenvalue weighted by atomic mass is 16.5. The van der Waals surface area contributed by atoms with Crippen LogP contribution in [0.2, 0.25) is 0 Å². The van der Waals surface area contributed by atoms with Gasteiger partial charge in [0.1, 0.15) is 5.75 Å². The number of nitrogens with one attached hydrogen (secondary N) is 2. The van der Waals surface area contributed by atoms with E-state index in [-0.39, 0.29) is 11.8 Å². The topological polar surface area (TPSA) is 84.5 Å². The van der Waals surface area contributed by atoms with Crippen LogP contribution >= 0.6 is 0 Å². The van der Waals surface area contributed by atoms with Crippen molar-refractivity contribution >= 4 is 23.5 Å². The minimum atomic E-state index is -0.449. The van der Waals surface area contributed by atoms with Crippen LogP contribution < -0.4 is 15.4 Å². The molecule has 158 valence electrons. The molecule has 6 nitrogen and oxygen atoms in total. The summed E-state index contributed by atoms with van der Waals surface area (Å²) in [7, 11) is 0. The predicted octanol–water partition coefficient (Wildman–Crippen LogP) is 4.03. The molecular formula is C25H24N2O4. The Morgan fingerprint density at radius 3 is 2.39 bits per heavy atom. The van der Waals surface area contributed by atoms with E-state index in [0.717, 1.165) is 16.7 Å². The Kier molecular flexibility index (Phi) is 7.17. The number of carbonyl (C=O) groups is 3. The second kappa shape index (κ2) is 10.2. The van der Waals surface area contributed by atoms with Gasteiger partial charge in [-0.05, 0) is 48.4 Å². The number of ether oxygens (including phenoxy) is 1. The Hall–Kier alpha value is -3.93. The molecule has 0 unspecified atom stereocenters. The highest BCUT2D eigenvalue weighted by Crippen LogP contribution is 2.17. The van der Waals surface area contributed by atoms with E-state index in [0.29, 0.717) is 30.0 Å². The molecule has 0 aromatic heterocycles. The standard InChI is InChI=1S/C25H24N2O4/c1-17-6-3-7-19(12-17)14-24(29)26-16-20-8-4-10-22(13-20)27-25(30)21-9-5-11-23(15-21)31-18(2)28/h3-13,15H,14,16H2,1-2H3,(H,26,29)(H,27,30). The van der Waals surface area contributed by atoms with Crippen LogP contribution in [0.3, 0.4) is 0 Å². The van der Waals surface area contributed by atoms with Crippen LogP contribution in [0.25, 0.3) is 0 Å². The average molecular weight is 416 g/mol. The molecule has 0 aliphatic carbocycles. The van der Waals surface area contributed by atoms with Crippen molar-refractivity contribution in [3.8, 4) is 5.75 Å². The van der Waals surface area contributed by atoms with E-state index < -0.39 is 5.97 Å². The van der Waals surface area contributed by atoms with Gasteiger partial charge in [0.25, 0.3) is 5.91 Å². The number of benzene rings is 3. The number of aryl methyl sites for hydroxylation is 1. The number of anilines is 1. The average Bonchev–Trinajstić information content (AvgIpc) is 2.72. The summed E-state index contributed by atoms with van der Waals surface area (Å²) in [4.78, 5) is 35.9. The SMILES string of the molecule is CC(=O)Oc1cccc(C(=O)Nc2cccc(CNC(=O)Cc3cccc(C)c3)c2)c1. The molecule has 0 atom stereocenters. The van der Waals surface area contributed by atoms with Gasteiger partial charge in [-0.2, -0.15) is 0 Å². The largest absolute Gasteiger partial charge is 0.427 e. The van der Waals surface area contributed by atoms with Gasteiger partial charge in [0.05, 0.1) is 6.42 Å². The van der Waals surface area contributed by atoms with Crippen LogP contribution in [0.1, 0.15) is 34.0 Å². The van der Waals surface area contributed by atoms with Crippen molar-refractivity contribution in [1.29, 1.82) is 0 Å². The van der Waals surface area contributed by atoms with Crippen molar-refractivity contribution < 1.29 is 19.1 Å². The van der Waals surface area contributed by atoms with E-state index in [1.165, 1.54) is 13.0 Å². The summed E-state index contributed by atoms with van der Waals surface area (Å²) in [5.74, 6) is -0.531. The monoisotopic (exact) mass is 416 g/mol. The minimum absolute atomic E-state index is 0.0673. The van der Waals surface area contributed by atoms with Gasteiger partial charge in [0.15, 0.2) is 0 Å². The van der Waals surface area contributed by atoms with Crippen molar-refractivity contribution in [3.05, 3.63) is 95.1 Å². The quantitative estimate of drug-likeness (QED) is 0.450. The Morgan fingerprint density at radius 1 is 0.871 bits per heavy atom. The maximum Gasteiger partial charge on any atom is 0.308 e. The molecule has 3 aromatic carbocycles. The molecule has 0 aliphatic rings. The number of carbonyl (C=O) groups excluding carboxylic acids is 3. The van der Waals surface area contributed by atoms with Crippen LogP contribution in [0.5, 0.6) is 5.75 Å². The first-order chi connectivity index (χ1) is 14.9. The smallest absolute Gasteiger partial charge is 0.308 e. The first kappa shape index (κ1) is 21.8. The van der Waals surface area contributed by atoms with E-state index in [2.05, 4.69) is 10.6 Å². The summed E-state index contributed by atoms with van der Waals surface area (Å²) in [6.45, 7) is 3.65.